The molecule has 4 rings (SSSR count). The van der Waals surface area contributed by atoms with Crippen LogP contribution in [0, 0.1) is 6.92 Å². The Hall–Kier alpha value is -1.53. The van der Waals surface area contributed by atoms with Gasteiger partial charge in [0.15, 0.2) is 0 Å². The summed E-state index contributed by atoms with van der Waals surface area (Å²) in [7, 11) is 0. The zero-order valence-electron chi connectivity index (χ0n) is 14.5. The zero-order chi connectivity index (χ0) is 17.1. The van der Waals surface area contributed by atoms with Crippen LogP contribution in [-0.4, -0.2) is 41.0 Å². The van der Waals surface area contributed by atoms with Crippen LogP contribution in [0.2, 0.25) is 0 Å². The molecule has 1 saturated heterocycles. The van der Waals surface area contributed by atoms with Gasteiger partial charge in [-0.2, -0.15) is 11.3 Å². The average Bonchev–Trinajstić information content (AvgIpc) is 3.28. The zero-order valence-corrected chi connectivity index (χ0v) is 16.2. The fourth-order valence-corrected chi connectivity index (χ4v) is 4.82. The van der Waals surface area contributed by atoms with Crippen LogP contribution in [0.25, 0.3) is 10.6 Å². The van der Waals surface area contributed by atoms with Crippen LogP contribution < -0.4 is 0 Å². The number of thiophene rings is 1. The van der Waals surface area contributed by atoms with Crippen LogP contribution in [-0.2, 0) is 13.1 Å². The van der Waals surface area contributed by atoms with E-state index in [4.69, 9.17) is 4.98 Å². The molecule has 3 nitrogen and oxygen atoms in total. The van der Waals surface area contributed by atoms with Crippen molar-refractivity contribution >= 4 is 22.7 Å². The number of piperazine rings is 1. The molecule has 1 aliphatic rings. The van der Waals surface area contributed by atoms with Crippen molar-refractivity contribution in [2.45, 2.75) is 20.0 Å². The molecule has 3 heterocycles. The molecule has 5 heteroatoms. The minimum Gasteiger partial charge on any atom is -0.297 e. The molecular formula is C20H23N3S2. The lowest BCUT2D eigenvalue weighted by molar-refractivity contribution is 0.121. The lowest BCUT2D eigenvalue weighted by Gasteiger charge is -2.34. The third-order valence-electron chi connectivity index (χ3n) is 4.66. The van der Waals surface area contributed by atoms with Gasteiger partial charge >= 0.3 is 0 Å². The van der Waals surface area contributed by atoms with Gasteiger partial charge in [0.1, 0.15) is 5.01 Å². The number of hydrogen-bond donors (Lipinski definition) is 0. The lowest BCUT2D eigenvalue weighted by atomic mass is 10.1. The Morgan fingerprint density at radius 1 is 1.00 bits per heavy atom. The van der Waals surface area contributed by atoms with Crippen LogP contribution in [0.5, 0.6) is 0 Å². The first-order chi connectivity index (χ1) is 12.3. The molecule has 0 aliphatic carbocycles. The van der Waals surface area contributed by atoms with Gasteiger partial charge in [-0.05, 0) is 23.9 Å². The summed E-state index contributed by atoms with van der Waals surface area (Å²) in [6.45, 7) is 8.71. The van der Waals surface area contributed by atoms with Crippen LogP contribution >= 0.6 is 22.7 Å². The second-order valence-electron chi connectivity index (χ2n) is 6.70. The quantitative estimate of drug-likeness (QED) is 0.660. The molecule has 0 atom stereocenters. The summed E-state index contributed by atoms with van der Waals surface area (Å²) in [5.41, 5.74) is 5.23. The van der Waals surface area contributed by atoms with Crippen molar-refractivity contribution in [3.63, 3.8) is 0 Å². The molecule has 1 aliphatic heterocycles. The van der Waals surface area contributed by atoms with Gasteiger partial charge in [0.05, 0.1) is 5.69 Å². The van der Waals surface area contributed by atoms with Gasteiger partial charge in [-0.25, -0.2) is 4.98 Å². The van der Waals surface area contributed by atoms with Gasteiger partial charge in [-0.15, -0.1) is 11.3 Å². The topological polar surface area (TPSA) is 19.4 Å². The summed E-state index contributed by atoms with van der Waals surface area (Å²) in [6, 6.07) is 11.0. The standard InChI is InChI=1S/C20H23N3S2/c1-16-3-2-4-17(11-16)12-22-6-8-23(9-7-22)13-19-15-25-20(21-19)18-5-10-24-14-18/h2-5,10-11,14-15H,6-9,12-13H2,1H3. The van der Waals surface area contributed by atoms with Crippen molar-refractivity contribution in [3.05, 3.63) is 63.3 Å². The van der Waals surface area contributed by atoms with Crippen molar-refractivity contribution in [1.29, 1.82) is 0 Å². The minimum absolute atomic E-state index is 0.971. The molecule has 0 unspecified atom stereocenters. The number of rotatable bonds is 5. The molecule has 25 heavy (non-hydrogen) atoms. The second kappa shape index (κ2) is 7.79. The number of aryl methyl sites for hydroxylation is 1. The first-order valence-electron chi connectivity index (χ1n) is 8.73. The number of thiazole rings is 1. The van der Waals surface area contributed by atoms with E-state index in [1.54, 1.807) is 22.7 Å². The molecule has 3 aromatic rings. The van der Waals surface area contributed by atoms with E-state index in [1.807, 2.05) is 0 Å². The highest BCUT2D eigenvalue weighted by Gasteiger charge is 2.18. The van der Waals surface area contributed by atoms with Crippen molar-refractivity contribution in [3.8, 4) is 10.6 Å². The molecule has 1 aromatic carbocycles. The molecule has 0 N–H and O–H groups in total. The van der Waals surface area contributed by atoms with Crippen molar-refractivity contribution in [2.75, 3.05) is 26.2 Å². The third kappa shape index (κ3) is 4.36. The first kappa shape index (κ1) is 16.9. The molecule has 1 fully saturated rings. The highest BCUT2D eigenvalue weighted by atomic mass is 32.1. The van der Waals surface area contributed by atoms with Gasteiger partial charge in [-0.3, -0.25) is 9.80 Å². The highest BCUT2D eigenvalue weighted by Crippen LogP contribution is 2.26. The average molecular weight is 370 g/mol. The Balaban J connectivity index is 1.29. The van der Waals surface area contributed by atoms with E-state index in [-0.39, 0.29) is 0 Å². The Morgan fingerprint density at radius 2 is 1.80 bits per heavy atom. The van der Waals surface area contributed by atoms with E-state index >= 15 is 0 Å². The van der Waals surface area contributed by atoms with Crippen molar-refractivity contribution in [1.82, 2.24) is 14.8 Å². The number of nitrogens with zero attached hydrogens (tertiary/aromatic N) is 3. The summed E-state index contributed by atoms with van der Waals surface area (Å²) >= 11 is 3.49. The second-order valence-corrected chi connectivity index (χ2v) is 8.34. The Morgan fingerprint density at radius 3 is 2.52 bits per heavy atom. The van der Waals surface area contributed by atoms with E-state index in [9.17, 15) is 0 Å². The Kier molecular flexibility index (Phi) is 5.27. The van der Waals surface area contributed by atoms with E-state index in [1.165, 1.54) is 22.4 Å². The van der Waals surface area contributed by atoms with Crippen molar-refractivity contribution in [2.24, 2.45) is 0 Å². The lowest BCUT2D eigenvalue weighted by Crippen LogP contribution is -2.45. The molecule has 0 bridgehead atoms. The maximum absolute atomic E-state index is 4.81. The summed E-state index contributed by atoms with van der Waals surface area (Å²) in [5.74, 6) is 0. The Labute approximate surface area is 157 Å². The van der Waals surface area contributed by atoms with Crippen LogP contribution in [0.15, 0.2) is 46.5 Å². The van der Waals surface area contributed by atoms with Crippen molar-refractivity contribution < 1.29 is 0 Å². The normalized spacial score (nSPS) is 16.4. The highest BCUT2D eigenvalue weighted by molar-refractivity contribution is 7.14. The molecule has 0 spiro atoms. The molecule has 0 amide bonds. The molecular weight excluding hydrogens is 346 g/mol. The predicted octanol–water partition coefficient (Wildman–Crippen LogP) is 4.50. The van der Waals surface area contributed by atoms with Crippen LogP contribution in [0.4, 0.5) is 0 Å². The maximum Gasteiger partial charge on any atom is 0.124 e. The molecule has 130 valence electrons. The Bertz CT molecular complexity index is 802. The molecule has 2 aromatic heterocycles. The van der Waals surface area contributed by atoms with Gasteiger partial charge in [0.25, 0.3) is 0 Å². The van der Waals surface area contributed by atoms with Gasteiger partial charge in [0.2, 0.25) is 0 Å². The minimum atomic E-state index is 0.971. The predicted molar refractivity (Wildman–Crippen MR) is 107 cm³/mol. The maximum atomic E-state index is 4.81. The number of hydrogen-bond acceptors (Lipinski definition) is 5. The number of benzene rings is 1. The largest absolute Gasteiger partial charge is 0.297 e. The number of aromatic nitrogens is 1. The molecule has 0 radical (unpaired) electrons. The summed E-state index contributed by atoms with van der Waals surface area (Å²) in [5, 5.41) is 7.65. The summed E-state index contributed by atoms with van der Waals surface area (Å²) in [6.07, 6.45) is 0. The van der Waals surface area contributed by atoms with E-state index in [0.717, 1.165) is 44.3 Å². The van der Waals surface area contributed by atoms with Crippen LogP contribution in [0.1, 0.15) is 16.8 Å². The third-order valence-corrected chi connectivity index (χ3v) is 6.28. The SMILES string of the molecule is Cc1cccc(CN2CCN(Cc3csc(-c4ccsc4)n3)CC2)c1. The van der Waals surface area contributed by atoms with Gasteiger partial charge in [-0.1, -0.05) is 29.8 Å². The summed E-state index contributed by atoms with van der Waals surface area (Å²) < 4.78 is 0. The van der Waals surface area contributed by atoms with E-state index in [2.05, 4.69) is 63.2 Å². The van der Waals surface area contributed by atoms with Gasteiger partial charge in [0, 0.05) is 55.6 Å². The first-order valence-corrected chi connectivity index (χ1v) is 10.6. The monoisotopic (exact) mass is 369 g/mol. The van der Waals surface area contributed by atoms with E-state index < -0.39 is 0 Å². The van der Waals surface area contributed by atoms with Crippen LogP contribution in [0.3, 0.4) is 0 Å². The molecule has 0 saturated carbocycles. The fourth-order valence-electron chi connectivity index (χ4n) is 3.30. The van der Waals surface area contributed by atoms with E-state index in [0.29, 0.717) is 0 Å². The fraction of sp³-hybridized carbons (Fsp3) is 0.350. The summed E-state index contributed by atoms with van der Waals surface area (Å²) in [4.78, 5) is 9.90. The smallest absolute Gasteiger partial charge is 0.124 e. The van der Waals surface area contributed by atoms with Gasteiger partial charge < -0.3 is 0 Å².